The van der Waals surface area contributed by atoms with E-state index in [2.05, 4.69) is 5.10 Å². The van der Waals surface area contributed by atoms with Crippen LogP contribution in [0.3, 0.4) is 0 Å². The molecule has 7 heteroatoms. The summed E-state index contributed by atoms with van der Waals surface area (Å²) in [6.07, 6.45) is 8.67. The molecule has 7 nitrogen and oxygen atoms in total. The van der Waals surface area contributed by atoms with Gasteiger partial charge in [-0.25, -0.2) is 0 Å². The van der Waals surface area contributed by atoms with Crippen LogP contribution in [0.15, 0.2) is 30.7 Å². The molecule has 2 amide bonds. The van der Waals surface area contributed by atoms with Crippen molar-refractivity contribution in [2.75, 3.05) is 26.2 Å². The molecule has 0 radical (unpaired) electrons. The van der Waals surface area contributed by atoms with Crippen molar-refractivity contribution in [1.29, 1.82) is 0 Å². The number of carbonyl (C=O) groups excluding carboxylic acids is 2. The fraction of sp³-hybridized carbons (Fsp3) is 0.500. The molecular weight excluding hydrogens is 318 g/mol. The van der Waals surface area contributed by atoms with Gasteiger partial charge in [-0.1, -0.05) is 0 Å². The summed E-state index contributed by atoms with van der Waals surface area (Å²) in [7, 11) is 0. The Labute approximate surface area is 146 Å². The van der Waals surface area contributed by atoms with E-state index in [0.717, 1.165) is 37.1 Å². The SMILES string of the molecule is O=C(Cn1cccc1)N1CCN(C(=O)c2cnn3c2CCCC3)CC1. The van der Waals surface area contributed by atoms with Crippen LogP contribution >= 0.6 is 0 Å². The summed E-state index contributed by atoms with van der Waals surface area (Å²) in [4.78, 5) is 28.9. The topological polar surface area (TPSA) is 63.4 Å². The highest BCUT2D eigenvalue weighted by molar-refractivity contribution is 5.95. The number of hydrogen-bond donors (Lipinski definition) is 0. The molecule has 25 heavy (non-hydrogen) atoms. The molecular formula is C18H23N5O2. The van der Waals surface area contributed by atoms with Crippen molar-refractivity contribution in [1.82, 2.24) is 24.1 Å². The van der Waals surface area contributed by atoms with Crippen LogP contribution in [-0.2, 0) is 24.3 Å². The maximum Gasteiger partial charge on any atom is 0.257 e. The van der Waals surface area contributed by atoms with E-state index in [4.69, 9.17) is 0 Å². The van der Waals surface area contributed by atoms with Crippen LogP contribution in [0.4, 0.5) is 0 Å². The predicted molar refractivity (Wildman–Crippen MR) is 92.1 cm³/mol. The van der Waals surface area contributed by atoms with Gasteiger partial charge in [0.15, 0.2) is 0 Å². The van der Waals surface area contributed by atoms with Crippen LogP contribution < -0.4 is 0 Å². The van der Waals surface area contributed by atoms with Gasteiger partial charge in [0.2, 0.25) is 5.91 Å². The number of carbonyl (C=O) groups is 2. The lowest BCUT2D eigenvalue weighted by atomic mass is 10.1. The Morgan fingerprint density at radius 3 is 2.44 bits per heavy atom. The van der Waals surface area contributed by atoms with Crippen molar-refractivity contribution in [3.8, 4) is 0 Å². The van der Waals surface area contributed by atoms with E-state index in [9.17, 15) is 9.59 Å². The standard InChI is InChI=1S/C18H23N5O2/c24-17(14-20-6-3-4-7-20)21-9-11-22(12-10-21)18(25)15-13-19-23-8-2-1-5-16(15)23/h3-4,6-7,13H,1-2,5,8-12,14H2. The first kappa shape index (κ1) is 15.9. The van der Waals surface area contributed by atoms with E-state index >= 15 is 0 Å². The quantitative estimate of drug-likeness (QED) is 0.837. The fourth-order valence-corrected chi connectivity index (χ4v) is 3.66. The maximum absolute atomic E-state index is 12.8. The number of amides is 2. The van der Waals surface area contributed by atoms with Crippen molar-refractivity contribution >= 4 is 11.8 Å². The fourth-order valence-electron chi connectivity index (χ4n) is 3.66. The Morgan fingerprint density at radius 2 is 1.68 bits per heavy atom. The molecule has 0 aromatic carbocycles. The highest BCUT2D eigenvalue weighted by atomic mass is 16.2. The molecule has 2 aliphatic rings. The molecule has 2 aromatic heterocycles. The predicted octanol–water partition coefficient (Wildman–Crippen LogP) is 1.01. The van der Waals surface area contributed by atoms with Gasteiger partial charge >= 0.3 is 0 Å². The van der Waals surface area contributed by atoms with Gasteiger partial charge in [-0.15, -0.1) is 0 Å². The third kappa shape index (κ3) is 3.18. The number of nitrogens with zero attached hydrogens (tertiary/aromatic N) is 5. The molecule has 1 saturated heterocycles. The number of piperazine rings is 1. The summed E-state index contributed by atoms with van der Waals surface area (Å²) in [5, 5.41) is 4.36. The average molecular weight is 341 g/mol. The summed E-state index contributed by atoms with van der Waals surface area (Å²) in [5.74, 6) is 0.159. The van der Waals surface area contributed by atoms with E-state index in [0.29, 0.717) is 32.7 Å². The van der Waals surface area contributed by atoms with Crippen LogP contribution in [0.5, 0.6) is 0 Å². The third-order valence-corrected chi connectivity index (χ3v) is 5.12. The number of fused-ring (bicyclic) bond motifs is 1. The molecule has 132 valence electrons. The highest BCUT2D eigenvalue weighted by Gasteiger charge is 2.28. The van der Waals surface area contributed by atoms with E-state index in [-0.39, 0.29) is 11.8 Å². The summed E-state index contributed by atoms with van der Waals surface area (Å²) >= 11 is 0. The van der Waals surface area contributed by atoms with Crippen LogP contribution in [0.25, 0.3) is 0 Å². The number of aromatic nitrogens is 3. The maximum atomic E-state index is 12.8. The lowest BCUT2D eigenvalue weighted by Crippen LogP contribution is -2.51. The van der Waals surface area contributed by atoms with Crippen molar-refractivity contribution in [3.05, 3.63) is 42.0 Å². The molecule has 0 bridgehead atoms. The first-order chi connectivity index (χ1) is 12.2. The zero-order valence-corrected chi connectivity index (χ0v) is 14.3. The van der Waals surface area contributed by atoms with Crippen molar-refractivity contribution < 1.29 is 9.59 Å². The lowest BCUT2D eigenvalue weighted by molar-refractivity contribution is -0.133. The molecule has 2 aliphatic heterocycles. The Hall–Kier alpha value is -2.57. The molecule has 0 saturated carbocycles. The van der Waals surface area contributed by atoms with Crippen LogP contribution in [0.2, 0.25) is 0 Å². The smallest absolute Gasteiger partial charge is 0.257 e. The lowest BCUT2D eigenvalue weighted by Gasteiger charge is -2.35. The number of rotatable bonds is 3. The Bertz CT molecular complexity index is 757. The molecule has 0 N–H and O–H groups in total. The van der Waals surface area contributed by atoms with Crippen molar-refractivity contribution in [3.63, 3.8) is 0 Å². The largest absolute Gasteiger partial charge is 0.345 e. The van der Waals surface area contributed by atoms with Crippen LogP contribution in [0.1, 0.15) is 28.9 Å². The van der Waals surface area contributed by atoms with Gasteiger partial charge in [0.25, 0.3) is 5.91 Å². The Morgan fingerprint density at radius 1 is 0.960 bits per heavy atom. The normalized spacial score (nSPS) is 17.4. The minimum absolute atomic E-state index is 0.0562. The third-order valence-electron chi connectivity index (χ3n) is 5.12. The summed E-state index contributed by atoms with van der Waals surface area (Å²) in [5.41, 5.74) is 1.81. The monoisotopic (exact) mass is 341 g/mol. The van der Waals surface area contributed by atoms with Gasteiger partial charge in [-0.2, -0.15) is 5.10 Å². The zero-order chi connectivity index (χ0) is 17.2. The van der Waals surface area contributed by atoms with Gasteiger partial charge in [0.05, 0.1) is 17.5 Å². The van der Waals surface area contributed by atoms with Crippen molar-refractivity contribution in [2.24, 2.45) is 0 Å². The highest BCUT2D eigenvalue weighted by Crippen LogP contribution is 2.20. The van der Waals surface area contributed by atoms with Crippen LogP contribution in [-0.4, -0.2) is 62.1 Å². The van der Waals surface area contributed by atoms with E-state index < -0.39 is 0 Å². The molecule has 0 atom stereocenters. The van der Waals surface area contributed by atoms with Gasteiger partial charge in [-0.05, 0) is 31.4 Å². The molecule has 0 spiro atoms. The average Bonchev–Trinajstić information content (AvgIpc) is 3.31. The Balaban J connectivity index is 1.36. The number of hydrogen-bond acceptors (Lipinski definition) is 3. The second-order valence-electron chi connectivity index (χ2n) is 6.71. The second-order valence-corrected chi connectivity index (χ2v) is 6.71. The molecule has 1 fully saturated rings. The summed E-state index contributed by atoms with van der Waals surface area (Å²) in [6.45, 7) is 3.62. The summed E-state index contributed by atoms with van der Waals surface area (Å²) in [6, 6.07) is 3.83. The first-order valence-corrected chi connectivity index (χ1v) is 8.95. The number of aryl methyl sites for hydroxylation is 1. The second kappa shape index (κ2) is 6.74. The molecule has 0 aliphatic carbocycles. The van der Waals surface area contributed by atoms with Crippen LogP contribution in [0, 0.1) is 0 Å². The molecule has 4 heterocycles. The molecule has 4 rings (SSSR count). The zero-order valence-electron chi connectivity index (χ0n) is 14.3. The van der Waals surface area contributed by atoms with E-state index in [1.54, 1.807) is 6.20 Å². The Kier molecular flexibility index (Phi) is 4.29. The molecule has 2 aromatic rings. The minimum atomic E-state index is 0.0562. The summed E-state index contributed by atoms with van der Waals surface area (Å²) < 4.78 is 3.84. The van der Waals surface area contributed by atoms with E-state index in [1.165, 1.54) is 0 Å². The van der Waals surface area contributed by atoms with Gasteiger partial charge in [0, 0.05) is 45.1 Å². The molecule has 0 unspecified atom stereocenters. The van der Waals surface area contributed by atoms with Gasteiger partial charge in [0.1, 0.15) is 6.54 Å². The van der Waals surface area contributed by atoms with Gasteiger partial charge in [-0.3, -0.25) is 14.3 Å². The van der Waals surface area contributed by atoms with E-state index in [1.807, 2.05) is 43.6 Å². The minimum Gasteiger partial charge on any atom is -0.345 e. The van der Waals surface area contributed by atoms with Gasteiger partial charge < -0.3 is 14.4 Å². The first-order valence-electron chi connectivity index (χ1n) is 8.95. The van der Waals surface area contributed by atoms with Crippen molar-refractivity contribution in [2.45, 2.75) is 32.4 Å².